The van der Waals surface area contributed by atoms with Gasteiger partial charge in [0.25, 0.3) is 5.56 Å². The molecule has 1 aliphatic rings. The zero-order valence-electron chi connectivity index (χ0n) is 15.6. The molecule has 142 valence electrons. The van der Waals surface area contributed by atoms with Gasteiger partial charge in [0.15, 0.2) is 5.82 Å². The van der Waals surface area contributed by atoms with Crippen LogP contribution >= 0.6 is 15.9 Å². The Morgan fingerprint density at radius 1 is 1.42 bits per heavy atom. The number of hydrogen-bond donors (Lipinski definition) is 1. The molecule has 1 aliphatic heterocycles. The zero-order chi connectivity index (χ0) is 18.8. The van der Waals surface area contributed by atoms with E-state index >= 15 is 0 Å². The van der Waals surface area contributed by atoms with E-state index in [9.17, 15) is 9.18 Å². The van der Waals surface area contributed by atoms with Crippen molar-refractivity contribution in [3.05, 3.63) is 38.6 Å². The van der Waals surface area contributed by atoms with Crippen molar-refractivity contribution in [1.29, 1.82) is 0 Å². The number of hydrogen-bond acceptors (Lipinski definition) is 4. The molecular weight excluding hydrogens is 399 g/mol. The molecule has 0 radical (unpaired) electrons. The second kappa shape index (κ2) is 8.15. The molecule has 5 nitrogen and oxygen atoms in total. The number of rotatable bonds is 5. The molecule has 26 heavy (non-hydrogen) atoms. The van der Waals surface area contributed by atoms with E-state index in [-0.39, 0.29) is 17.1 Å². The number of aromatic nitrogens is 2. The highest BCUT2D eigenvalue weighted by Crippen LogP contribution is 2.27. The van der Waals surface area contributed by atoms with Gasteiger partial charge in [0.1, 0.15) is 11.3 Å². The van der Waals surface area contributed by atoms with Crippen LogP contribution in [0.2, 0.25) is 0 Å². The van der Waals surface area contributed by atoms with Crippen molar-refractivity contribution in [3.63, 3.8) is 0 Å². The summed E-state index contributed by atoms with van der Waals surface area (Å²) in [7, 11) is 0. The van der Waals surface area contributed by atoms with Crippen LogP contribution in [0.15, 0.2) is 21.4 Å². The highest BCUT2D eigenvalue weighted by molar-refractivity contribution is 9.10. The number of nitrogens with zero attached hydrogens (tertiary/aromatic N) is 3. The Kier molecular flexibility index (Phi) is 6.10. The first kappa shape index (κ1) is 19.5. The molecule has 3 rings (SSSR count). The maximum absolute atomic E-state index is 14.5. The van der Waals surface area contributed by atoms with E-state index in [1.165, 1.54) is 6.07 Å². The van der Waals surface area contributed by atoms with E-state index in [0.717, 1.165) is 32.5 Å². The van der Waals surface area contributed by atoms with Gasteiger partial charge in [0.2, 0.25) is 0 Å². The summed E-state index contributed by atoms with van der Waals surface area (Å²) in [5, 5.41) is 3.77. The molecule has 1 aromatic carbocycles. The van der Waals surface area contributed by atoms with E-state index in [1.807, 2.05) is 6.92 Å². The molecule has 1 fully saturated rings. The number of halogens is 2. The molecule has 0 bridgehead atoms. The van der Waals surface area contributed by atoms with Gasteiger partial charge in [0.05, 0.1) is 11.4 Å². The Labute approximate surface area is 161 Å². The fraction of sp³-hybridized carbons (Fsp3) is 0.579. The summed E-state index contributed by atoms with van der Waals surface area (Å²) in [5.74, 6) is 0.224. The monoisotopic (exact) mass is 424 g/mol. The lowest BCUT2D eigenvalue weighted by Crippen LogP contribution is -2.51. The lowest BCUT2D eigenvalue weighted by molar-refractivity contribution is 0.132. The van der Waals surface area contributed by atoms with Gasteiger partial charge in [0, 0.05) is 36.7 Å². The van der Waals surface area contributed by atoms with Crippen LogP contribution in [0, 0.1) is 5.82 Å². The normalized spacial score (nSPS) is 19.8. The van der Waals surface area contributed by atoms with Crippen molar-refractivity contribution < 1.29 is 4.39 Å². The summed E-state index contributed by atoms with van der Waals surface area (Å²) in [6.45, 7) is 9.45. The van der Waals surface area contributed by atoms with Crippen LogP contribution in [0.1, 0.15) is 45.5 Å². The maximum Gasteiger partial charge on any atom is 0.261 e. The fourth-order valence-electron chi connectivity index (χ4n) is 3.82. The van der Waals surface area contributed by atoms with Crippen molar-refractivity contribution in [2.75, 3.05) is 19.6 Å². The Balaban J connectivity index is 2.18. The molecule has 1 N–H and O–H groups in total. The van der Waals surface area contributed by atoms with Gasteiger partial charge < -0.3 is 5.32 Å². The lowest BCUT2D eigenvalue weighted by atomic mass is 10.1. The van der Waals surface area contributed by atoms with Crippen LogP contribution in [-0.4, -0.2) is 40.1 Å². The van der Waals surface area contributed by atoms with Crippen molar-refractivity contribution in [2.45, 2.75) is 52.2 Å². The topological polar surface area (TPSA) is 50.2 Å². The van der Waals surface area contributed by atoms with Crippen LogP contribution in [-0.2, 0) is 6.54 Å². The average molecular weight is 425 g/mol. The second-order valence-corrected chi connectivity index (χ2v) is 7.87. The van der Waals surface area contributed by atoms with E-state index in [0.29, 0.717) is 28.3 Å². The van der Waals surface area contributed by atoms with Crippen molar-refractivity contribution >= 4 is 26.8 Å². The minimum atomic E-state index is -0.458. The summed E-state index contributed by atoms with van der Waals surface area (Å²) in [6.07, 6.45) is 1.87. The van der Waals surface area contributed by atoms with Gasteiger partial charge in [-0.25, -0.2) is 9.37 Å². The third-order valence-corrected chi connectivity index (χ3v) is 5.48. The summed E-state index contributed by atoms with van der Waals surface area (Å²) in [6, 6.07) is 3.43. The summed E-state index contributed by atoms with van der Waals surface area (Å²) in [5.41, 5.74) is -0.000767. The van der Waals surface area contributed by atoms with Crippen LogP contribution in [0.3, 0.4) is 0 Å². The molecular formula is C19H26BrFN4O. The summed E-state index contributed by atoms with van der Waals surface area (Å²) in [4.78, 5) is 20.1. The van der Waals surface area contributed by atoms with Crippen LogP contribution < -0.4 is 10.9 Å². The van der Waals surface area contributed by atoms with Gasteiger partial charge >= 0.3 is 0 Å². The first-order valence-electron chi connectivity index (χ1n) is 9.33. The smallest absolute Gasteiger partial charge is 0.261 e. The van der Waals surface area contributed by atoms with Gasteiger partial charge in [-0.3, -0.25) is 14.3 Å². The van der Waals surface area contributed by atoms with Gasteiger partial charge in [-0.15, -0.1) is 0 Å². The van der Waals surface area contributed by atoms with Gasteiger partial charge in [-0.05, 0) is 32.4 Å². The van der Waals surface area contributed by atoms with Crippen molar-refractivity contribution in [3.8, 4) is 0 Å². The number of fused-ring (bicyclic) bond motifs is 1. The van der Waals surface area contributed by atoms with E-state index in [1.54, 1.807) is 10.6 Å². The lowest BCUT2D eigenvalue weighted by Gasteiger charge is -2.38. The maximum atomic E-state index is 14.5. The molecule has 7 heteroatoms. The average Bonchev–Trinajstić information content (AvgIpc) is 2.60. The molecule has 0 aliphatic carbocycles. The van der Waals surface area contributed by atoms with E-state index in [4.69, 9.17) is 0 Å². The molecule has 1 unspecified atom stereocenters. The quantitative estimate of drug-likeness (QED) is 0.798. The van der Waals surface area contributed by atoms with Gasteiger partial charge in [-0.2, -0.15) is 0 Å². The Morgan fingerprint density at radius 3 is 2.85 bits per heavy atom. The van der Waals surface area contributed by atoms with E-state index < -0.39 is 5.82 Å². The molecule has 0 amide bonds. The fourth-order valence-corrected chi connectivity index (χ4v) is 4.25. The highest BCUT2D eigenvalue weighted by Gasteiger charge is 2.28. The van der Waals surface area contributed by atoms with Crippen molar-refractivity contribution in [1.82, 2.24) is 19.8 Å². The minimum absolute atomic E-state index is 0.0182. The predicted molar refractivity (Wildman–Crippen MR) is 106 cm³/mol. The first-order chi connectivity index (χ1) is 12.5. The number of piperazine rings is 1. The van der Waals surface area contributed by atoms with Gasteiger partial charge in [-0.1, -0.05) is 29.3 Å². The molecule has 0 saturated carbocycles. The molecule has 2 aromatic rings. The molecule has 1 saturated heterocycles. The Bertz CT molecular complexity index is 854. The standard InChI is InChI=1S/C19H26BrFN4O/c1-4-6-16(24-8-7-22-12(3)11-24)18-23-17-14(19(26)25(18)5-2)9-13(20)10-15(17)21/h9-10,12,16,22H,4-8,11H2,1-3H3/t12-,16?/m1/s1. The zero-order valence-corrected chi connectivity index (χ0v) is 17.1. The van der Waals surface area contributed by atoms with Crippen LogP contribution in [0.4, 0.5) is 4.39 Å². The van der Waals surface area contributed by atoms with E-state index in [2.05, 4.69) is 45.0 Å². The minimum Gasteiger partial charge on any atom is -0.312 e. The Hall–Kier alpha value is -1.31. The third-order valence-electron chi connectivity index (χ3n) is 5.02. The summed E-state index contributed by atoms with van der Waals surface area (Å²) >= 11 is 3.27. The highest BCUT2D eigenvalue weighted by atomic mass is 79.9. The molecule has 2 atom stereocenters. The third kappa shape index (κ3) is 3.70. The second-order valence-electron chi connectivity index (χ2n) is 6.96. The van der Waals surface area contributed by atoms with Crippen molar-refractivity contribution in [2.24, 2.45) is 0 Å². The summed E-state index contributed by atoms with van der Waals surface area (Å²) < 4.78 is 16.8. The SMILES string of the molecule is CCCC(c1nc2c(F)cc(Br)cc2c(=O)n1CC)N1CCN[C@H](C)C1. The van der Waals surface area contributed by atoms with Crippen LogP contribution in [0.5, 0.6) is 0 Å². The number of benzene rings is 1. The molecule has 2 heterocycles. The molecule has 1 aromatic heterocycles. The predicted octanol–water partition coefficient (Wildman–Crippen LogP) is 3.45. The number of nitrogens with one attached hydrogen (secondary N) is 1. The first-order valence-corrected chi connectivity index (χ1v) is 10.1. The molecule has 0 spiro atoms. The largest absolute Gasteiger partial charge is 0.312 e. The van der Waals surface area contributed by atoms with Crippen LogP contribution in [0.25, 0.3) is 10.9 Å². The Morgan fingerprint density at radius 2 is 2.19 bits per heavy atom.